The van der Waals surface area contributed by atoms with Crippen molar-refractivity contribution in [1.29, 1.82) is 0 Å². The molecule has 2 aliphatic heterocycles. The molecule has 0 saturated carbocycles. The first-order valence-electron chi connectivity index (χ1n) is 13.3. The Kier molecular flexibility index (Phi) is 8.70. The van der Waals surface area contributed by atoms with Crippen LogP contribution in [0.1, 0.15) is 55.3 Å². The lowest BCUT2D eigenvalue weighted by Crippen LogP contribution is -2.35. The van der Waals surface area contributed by atoms with Crippen LogP contribution in [0.3, 0.4) is 0 Å². The van der Waals surface area contributed by atoms with E-state index in [1.807, 2.05) is 50.2 Å². The molecular weight excluding hydrogens is 502 g/mol. The second-order valence-corrected chi connectivity index (χ2v) is 12.2. The lowest BCUT2D eigenvalue weighted by atomic mass is 9.94. The number of ketones is 1. The number of benzene rings is 2. The number of aliphatic hydroxyl groups excluding tert-OH is 1. The lowest BCUT2D eigenvalue weighted by Gasteiger charge is -2.26. The first kappa shape index (κ1) is 28.0. The fraction of sp³-hybridized carbons (Fsp3) is 0.448. The Labute approximate surface area is 225 Å². The minimum Gasteiger partial charge on any atom is -0.507 e. The van der Waals surface area contributed by atoms with Crippen molar-refractivity contribution < 1.29 is 23.1 Å². The summed E-state index contributed by atoms with van der Waals surface area (Å²) in [5.41, 5.74) is 2.03. The zero-order valence-electron chi connectivity index (χ0n) is 22.4. The molecule has 0 bridgehead atoms. The molecule has 204 valence electrons. The highest BCUT2D eigenvalue weighted by molar-refractivity contribution is 7.89. The number of carbonyl (C=O) groups excluding carboxylic acids is 2. The molecule has 2 saturated heterocycles. The highest BCUT2D eigenvalue weighted by Gasteiger charge is 2.45. The van der Waals surface area contributed by atoms with E-state index in [4.69, 9.17) is 0 Å². The number of aryl methyl sites for hydroxylation is 1. The van der Waals surface area contributed by atoms with Crippen LogP contribution in [0.5, 0.6) is 0 Å². The fourth-order valence-corrected chi connectivity index (χ4v) is 6.73. The Morgan fingerprint density at radius 2 is 1.71 bits per heavy atom. The molecule has 1 unspecified atom stereocenters. The third-order valence-electron chi connectivity index (χ3n) is 7.31. The van der Waals surface area contributed by atoms with E-state index in [0.29, 0.717) is 26.1 Å². The number of rotatable bonds is 9. The molecule has 2 heterocycles. The number of piperidine rings is 1. The second-order valence-electron chi connectivity index (χ2n) is 10.2. The van der Waals surface area contributed by atoms with Crippen molar-refractivity contribution in [1.82, 2.24) is 14.1 Å². The van der Waals surface area contributed by atoms with Gasteiger partial charge in [0, 0.05) is 25.2 Å². The smallest absolute Gasteiger partial charge is 0.295 e. The summed E-state index contributed by atoms with van der Waals surface area (Å²) in [5, 5.41) is 11.4. The third kappa shape index (κ3) is 5.70. The maximum atomic E-state index is 13.3. The number of nitrogens with zero attached hydrogens (tertiary/aromatic N) is 3. The SMILES string of the molecule is CCc1ccc(C2C(=C(O)c3cccc(S(=O)(=O)N4CCCCC4)c3)C(=O)C(=O)N2CCCN(C)C)cc1. The van der Waals surface area contributed by atoms with E-state index in [-0.39, 0.29) is 21.8 Å². The van der Waals surface area contributed by atoms with Gasteiger partial charge in [-0.25, -0.2) is 8.42 Å². The van der Waals surface area contributed by atoms with Crippen LogP contribution < -0.4 is 0 Å². The monoisotopic (exact) mass is 539 g/mol. The Hall–Kier alpha value is -3.01. The first-order valence-corrected chi connectivity index (χ1v) is 14.7. The number of carbonyl (C=O) groups is 2. The van der Waals surface area contributed by atoms with E-state index in [1.54, 1.807) is 12.1 Å². The van der Waals surface area contributed by atoms with Gasteiger partial charge in [-0.3, -0.25) is 9.59 Å². The maximum Gasteiger partial charge on any atom is 0.295 e. The number of likely N-dealkylation sites (tertiary alicyclic amines) is 1. The normalized spacial score (nSPS) is 20.4. The number of aliphatic hydroxyl groups is 1. The summed E-state index contributed by atoms with van der Waals surface area (Å²) in [6, 6.07) is 13.0. The molecular formula is C29H37N3O5S. The van der Waals surface area contributed by atoms with Crippen LogP contribution in [0.25, 0.3) is 5.76 Å². The van der Waals surface area contributed by atoms with Gasteiger partial charge in [-0.2, -0.15) is 4.31 Å². The standard InChI is InChI=1S/C29H37N3O5S/c1-4-21-12-14-22(15-13-21)26-25(28(34)29(35)32(26)19-9-16-30(2)3)27(33)23-10-8-11-24(20-23)38(36,37)31-17-6-5-7-18-31/h8,10-15,20,26,33H,4-7,9,16-19H2,1-3H3. The molecule has 0 spiro atoms. The number of amides is 1. The van der Waals surface area contributed by atoms with Crippen molar-refractivity contribution in [2.75, 3.05) is 40.3 Å². The van der Waals surface area contributed by atoms with Gasteiger partial charge in [0.15, 0.2) is 0 Å². The molecule has 8 nitrogen and oxygen atoms in total. The van der Waals surface area contributed by atoms with E-state index in [9.17, 15) is 23.1 Å². The van der Waals surface area contributed by atoms with Gasteiger partial charge in [-0.05, 0) is 69.6 Å². The molecule has 1 amide bonds. The van der Waals surface area contributed by atoms with Gasteiger partial charge < -0.3 is 14.9 Å². The summed E-state index contributed by atoms with van der Waals surface area (Å²) in [7, 11) is 0.151. The maximum absolute atomic E-state index is 13.3. The molecule has 0 radical (unpaired) electrons. The predicted octanol–water partition coefficient (Wildman–Crippen LogP) is 3.80. The van der Waals surface area contributed by atoms with Crippen LogP contribution in [0, 0.1) is 0 Å². The minimum absolute atomic E-state index is 0.0170. The second kappa shape index (κ2) is 11.8. The molecule has 2 fully saturated rings. The summed E-state index contributed by atoms with van der Waals surface area (Å²) < 4.78 is 28.0. The van der Waals surface area contributed by atoms with E-state index < -0.39 is 27.8 Å². The van der Waals surface area contributed by atoms with E-state index >= 15 is 0 Å². The number of Topliss-reactive ketones (excluding diaryl/α,β-unsaturated/α-hetero) is 1. The number of sulfonamides is 1. The molecule has 0 aromatic heterocycles. The van der Waals surface area contributed by atoms with Crippen molar-refractivity contribution >= 4 is 27.5 Å². The largest absolute Gasteiger partial charge is 0.507 e. The topological polar surface area (TPSA) is 98.2 Å². The Balaban J connectivity index is 1.77. The average Bonchev–Trinajstić information content (AvgIpc) is 3.18. The van der Waals surface area contributed by atoms with Gasteiger partial charge in [-0.15, -0.1) is 0 Å². The highest BCUT2D eigenvalue weighted by atomic mass is 32.2. The van der Waals surface area contributed by atoms with Crippen LogP contribution in [0.2, 0.25) is 0 Å². The van der Waals surface area contributed by atoms with Crippen LogP contribution in [0.15, 0.2) is 59.0 Å². The molecule has 2 aromatic rings. The van der Waals surface area contributed by atoms with Gasteiger partial charge in [0.1, 0.15) is 5.76 Å². The molecule has 1 atom stereocenters. The number of hydrogen-bond donors (Lipinski definition) is 1. The average molecular weight is 540 g/mol. The van der Waals surface area contributed by atoms with Gasteiger partial charge in [0.25, 0.3) is 11.7 Å². The quantitative estimate of drug-likeness (QED) is 0.296. The van der Waals surface area contributed by atoms with Crippen molar-refractivity contribution in [2.45, 2.75) is 50.0 Å². The third-order valence-corrected chi connectivity index (χ3v) is 9.20. The van der Waals surface area contributed by atoms with Gasteiger partial charge in [0.2, 0.25) is 10.0 Å². The van der Waals surface area contributed by atoms with Gasteiger partial charge >= 0.3 is 0 Å². The number of hydrogen-bond acceptors (Lipinski definition) is 6. The first-order chi connectivity index (χ1) is 18.1. The zero-order valence-corrected chi connectivity index (χ0v) is 23.2. The van der Waals surface area contributed by atoms with Gasteiger partial charge in [-0.1, -0.05) is 49.7 Å². The van der Waals surface area contributed by atoms with E-state index in [2.05, 4.69) is 0 Å². The van der Waals surface area contributed by atoms with Crippen molar-refractivity contribution in [3.05, 3.63) is 70.8 Å². The Morgan fingerprint density at radius 3 is 2.34 bits per heavy atom. The summed E-state index contributed by atoms with van der Waals surface area (Å²) in [6.45, 7) is 4.06. The molecule has 4 rings (SSSR count). The van der Waals surface area contributed by atoms with Gasteiger partial charge in [0.05, 0.1) is 16.5 Å². The van der Waals surface area contributed by atoms with Crippen LogP contribution in [-0.4, -0.2) is 79.6 Å². The van der Waals surface area contributed by atoms with E-state index in [1.165, 1.54) is 21.3 Å². The molecule has 1 N–H and O–H groups in total. The molecule has 2 aromatic carbocycles. The zero-order chi connectivity index (χ0) is 27.4. The van der Waals surface area contributed by atoms with Crippen LogP contribution >= 0.6 is 0 Å². The van der Waals surface area contributed by atoms with Crippen LogP contribution in [-0.2, 0) is 26.0 Å². The highest BCUT2D eigenvalue weighted by Crippen LogP contribution is 2.40. The fourth-order valence-electron chi connectivity index (χ4n) is 5.16. The summed E-state index contributed by atoms with van der Waals surface area (Å²) in [5.74, 6) is -1.79. The van der Waals surface area contributed by atoms with Crippen molar-refractivity contribution in [3.63, 3.8) is 0 Å². The minimum atomic E-state index is -3.74. The van der Waals surface area contributed by atoms with E-state index in [0.717, 1.165) is 43.4 Å². The van der Waals surface area contributed by atoms with Crippen molar-refractivity contribution in [3.8, 4) is 0 Å². The molecule has 38 heavy (non-hydrogen) atoms. The molecule has 2 aliphatic rings. The summed E-state index contributed by atoms with van der Waals surface area (Å²) >= 11 is 0. The summed E-state index contributed by atoms with van der Waals surface area (Å²) in [6.07, 6.45) is 4.13. The predicted molar refractivity (Wildman–Crippen MR) is 147 cm³/mol. The van der Waals surface area contributed by atoms with Crippen LogP contribution in [0.4, 0.5) is 0 Å². The summed E-state index contributed by atoms with van der Waals surface area (Å²) in [4.78, 5) is 30.1. The van der Waals surface area contributed by atoms with Crippen molar-refractivity contribution in [2.24, 2.45) is 0 Å². The molecule has 9 heteroatoms. The molecule has 0 aliphatic carbocycles. The Bertz CT molecular complexity index is 1310. The lowest BCUT2D eigenvalue weighted by molar-refractivity contribution is -0.139. The Morgan fingerprint density at radius 1 is 1.03 bits per heavy atom.